The standard InChI is InChI=1S/C15H15Br2ClN2/c1-9(2)6-12-14(17)15(18)20-13(19-12)8-10-4-3-5-11(16)7-10/h3-5,7,9H,6,8H2,1-2H3. The van der Waals surface area contributed by atoms with E-state index in [1.807, 2.05) is 12.1 Å². The lowest BCUT2D eigenvalue weighted by molar-refractivity contribution is 0.628. The topological polar surface area (TPSA) is 25.8 Å². The van der Waals surface area contributed by atoms with Crippen LogP contribution >= 0.6 is 43.5 Å². The second-order valence-electron chi connectivity index (χ2n) is 5.10. The highest BCUT2D eigenvalue weighted by Crippen LogP contribution is 2.26. The molecule has 0 fully saturated rings. The summed E-state index contributed by atoms with van der Waals surface area (Å²) in [5.41, 5.74) is 2.14. The van der Waals surface area contributed by atoms with Crippen LogP contribution in [0.25, 0.3) is 0 Å². The molecule has 0 unspecified atom stereocenters. The predicted octanol–water partition coefficient (Wildman–Crippen LogP) is 5.44. The molecule has 2 aromatic rings. The number of benzene rings is 1. The number of aromatic nitrogens is 2. The van der Waals surface area contributed by atoms with E-state index in [1.165, 1.54) is 0 Å². The van der Waals surface area contributed by atoms with Gasteiger partial charge in [-0.3, -0.25) is 0 Å². The Hall–Kier alpha value is -0.450. The summed E-state index contributed by atoms with van der Waals surface area (Å²) in [7, 11) is 0. The van der Waals surface area contributed by atoms with Crippen LogP contribution in [0.15, 0.2) is 33.2 Å². The molecule has 0 aliphatic carbocycles. The average molecular weight is 419 g/mol. The summed E-state index contributed by atoms with van der Waals surface area (Å²) in [4.78, 5) is 9.00. The Morgan fingerprint density at radius 2 is 1.95 bits per heavy atom. The van der Waals surface area contributed by atoms with Gasteiger partial charge in [-0.05, 0) is 46.0 Å². The summed E-state index contributed by atoms with van der Waals surface area (Å²) in [5.74, 6) is 1.28. The lowest BCUT2D eigenvalue weighted by Gasteiger charge is -2.10. The summed E-state index contributed by atoms with van der Waals surface area (Å²) in [6, 6.07) is 8.14. The van der Waals surface area contributed by atoms with Gasteiger partial charge in [-0.2, -0.15) is 0 Å². The van der Waals surface area contributed by atoms with Crippen molar-refractivity contribution in [2.45, 2.75) is 26.7 Å². The molecular formula is C15H15Br2ClN2. The van der Waals surface area contributed by atoms with Crippen molar-refractivity contribution < 1.29 is 0 Å². The van der Waals surface area contributed by atoms with Crippen molar-refractivity contribution in [3.63, 3.8) is 0 Å². The van der Waals surface area contributed by atoms with Crippen LogP contribution in [0.1, 0.15) is 30.9 Å². The second-order valence-corrected chi connectivity index (χ2v) is 7.16. The Labute approximate surface area is 141 Å². The molecule has 0 spiro atoms. The van der Waals surface area contributed by atoms with E-state index in [0.717, 1.165) is 32.4 Å². The van der Waals surface area contributed by atoms with Crippen molar-refractivity contribution in [1.82, 2.24) is 9.97 Å². The molecule has 0 aliphatic rings. The van der Waals surface area contributed by atoms with Crippen LogP contribution in [0.4, 0.5) is 0 Å². The molecule has 1 aromatic heterocycles. The Balaban J connectivity index is 2.30. The Bertz CT molecular complexity index is 615. The van der Waals surface area contributed by atoms with Gasteiger partial charge < -0.3 is 0 Å². The van der Waals surface area contributed by atoms with E-state index in [9.17, 15) is 0 Å². The van der Waals surface area contributed by atoms with E-state index < -0.39 is 0 Å². The SMILES string of the molecule is CC(C)Cc1nc(Cc2cccc(Br)c2)nc(Cl)c1Br. The highest BCUT2D eigenvalue weighted by atomic mass is 79.9. The predicted molar refractivity (Wildman–Crippen MR) is 90.2 cm³/mol. The van der Waals surface area contributed by atoms with Gasteiger partial charge in [0, 0.05) is 10.9 Å². The molecule has 0 atom stereocenters. The van der Waals surface area contributed by atoms with Crippen molar-refractivity contribution in [1.29, 1.82) is 0 Å². The van der Waals surface area contributed by atoms with Crippen LogP contribution in [0, 0.1) is 5.92 Å². The smallest absolute Gasteiger partial charge is 0.147 e. The van der Waals surface area contributed by atoms with Gasteiger partial charge in [-0.25, -0.2) is 9.97 Å². The molecule has 20 heavy (non-hydrogen) atoms. The Kier molecular flexibility index (Phi) is 5.58. The fraction of sp³-hybridized carbons (Fsp3) is 0.333. The van der Waals surface area contributed by atoms with E-state index in [-0.39, 0.29) is 0 Å². The first kappa shape index (κ1) is 15.9. The average Bonchev–Trinajstić information content (AvgIpc) is 2.35. The fourth-order valence-electron chi connectivity index (χ4n) is 1.94. The molecule has 0 saturated carbocycles. The first-order chi connectivity index (χ1) is 9.45. The van der Waals surface area contributed by atoms with Crippen LogP contribution in [0.5, 0.6) is 0 Å². The third kappa shape index (κ3) is 4.27. The Morgan fingerprint density at radius 1 is 1.20 bits per heavy atom. The maximum Gasteiger partial charge on any atom is 0.147 e. The summed E-state index contributed by atoms with van der Waals surface area (Å²) in [6.07, 6.45) is 1.56. The van der Waals surface area contributed by atoms with Crippen LogP contribution in [0.2, 0.25) is 5.15 Å². The van der Waals surface area contributed by atoms with Gasteiger partial charge in [0.25, 0.3) is 0 Å². The molecule has 2 nitrogen and oxygen atoms in total. The number of rotatable bonds is 4. The summed E-state index contributed by atoms with van der Waals surface area (Å²) in [5, 5.41) is 0.487. The largest absolute Gasteiger partial charge is 0.236 e. The highest BCUT2D eigenvalue weighted by molar-refractivity contribution is 9.10. The summed E-state index contributed by atoms with van der Waals surface area (Å²) >= 11 is 13.1. The molecule has 2 rings (SSSR count). The maximum atomic E-state index is 6.19. The third-order valence-corrected chi connectivity index (χ3v) is 4.61. The molecule has 0 amide bonds. The van der Waals surface area contributed by atoms with Crippen molar-refractivity contribution in [2.75, 3.05) is 0 Å². The Morgan fingerprint density at radius 3 is 2.60 bits per heavy atom. The third-order valence-electron chi connectivity index (χ3n) is 2.78. The minimum atomic E-state index is 0.487. The van der Waals surface area contributed by atoms with Crippen molar-refractivity contribution >= 4 is 43.5 Å². The minimum Gasteiger partial charge on any atom is -0.236 e. The van der Waals surface area contributed by atoms with Gasteiger partial charge in [0.1, 0.15) is 11.0 Å². The van der Waals surface area contributed by atoms with E-state index >= 15 is 0 Å². The van der Waals surface area contributed by atoms with Crippen molar-refractivity contribution in [3.05, 3.63) is 55.4 Å². The van der Waals surface area contributed by atoms with Gasteiger partial charge in [-0.15, -0.1) is 0 Å². The first-order valence-electron chi connectivity index (χ1n) is 6.41. The zero-order valence-corrected chi connectivity index (χ0v) is 15.3. The molecule has 0 radical (unpaired) electrons. The minimum absolute atomic E-state index is 0.487. The van der Waals surface area contributed by atoms with E-state index in [4.69, 9.17) is 11.6 Å². The zero-order chi connectivity index (χ0) is 14.7. The zero-order valence-electron chi connectivity index (χ0n) is 11.3. The molecule has 106 valence electrons. The van der Waals surface area contributed by atoms with Gasteiger partial charge in [0.15, 0.2) is 0 Å². The number of halogens is 3. The van der Waals surface area contributed by atoms with E-state index in [2.05, 4.69) is 67.8 Å². The highest BCUT2D eigenvalue weighted by Gasteiger charge is 2.12. The van der Waals surface area contributed by atoms with Crippen LogP contribution < -0.4 is 0 Å². The molecular weight excluding hydrogens is 403 g/mol. The monoisotopic (exact) mass is 416 g/mol. The van der Waals surface area contributed by atoms with Crippen LogP contribution in [-0.2, 0) is 12.8 Å². The molecule has 0 N–H and O–H groups in total. The fourth-order valence-corrected chi connectivity index (χ4v) is 2.93. The lowest BCUT2D eigenvalue weighted by atomic mass is 10.1. The van der Waals surface area contributed by atoms with Gasteiger partial charge in [0.2, 0.25) is 0 Å². The summed E-state index contributed by atoms with van der Waals surface area (Å²) < 4.78 is 1.87. The normalized spacial score (nSPS) is 11.1. The quantitative estimate of drug-likeness (QED) is 0.618. The molecule has 5 heteroatoms. The number of hydrogen-bond acceptors (Lipinski definition) is 2. The van der Waals surface area contributed by atoms with Crippen molar-refractivity contribution in [2.24, 2.45) is 5.92 Å². The second kappa shape index (κ2) is 7.01. The van der Waals surface area contributed by atoms with Crippen molar-refractivity contribution in [3.8, 4) is 0 Å². The van der Waals surface area contributed by atoms with E-state index in [0.29, 0.717) is 17.5 Å². The lowest BCUT2D eigenvalue weighted by Crippen LogP contribution is -2.05. The van der Waals surface area contributed by atoms with Gasteiger partial charge >= 0.3 is 0 Å². The van der Waals surface area contributed by atoms with Crippen LogP contribution in [0.3, 0.4) is 0 Å². The maximum absolute atomic E-state index is 6.19. The first-order valence-corrected chi connectivity index (χ1v) is 8.37. The van der Waals surface area contributed by atoms with Gasteiger partial charge in [0.05, 0.1) is 10.2 Å². The van der Waals surface area contributed by atoms with E-state index in [1.54, 1.807) is 0 Å². The summed E-state index contributed by atoms with van der Waals surface area (Å²) in [6.45, 7) is 4.33. The molecule has 1 aromatic carbocycles. The molecule has 0 saturated heterocycles. The molecule has 0 bridgehead atoms. The molecule has 1 heterocycles. The molecule has 0 aliphatic heterocycles. The van der Waals surface area contributed by atoms with Gasteiger partial charge in [-0.1, -0.05) is 53.5 Å². The van der Waals surface area contributed by atoms with Crippen LogP contribution in [-0.4, -0.2) is 9.97 Å². The number of hydrogen-bond donors (Lipinski definition) is 0. The number of nitrogens with zero attached hydrogens (tertiary/aromatic N) is 2.